The van der Waals surface area contributed by atoms with Crippen molar-refractivity contribution in [2.24, 2.45) is 0 Å². The van der Waals surface area contributed by atoms with E-state index in [1.807, 2.05) is 0 Å². The third-order valence-electron chi connectivity index (χ3n) is 1.80. The van der Waals surface area contributed by atoms with Gasteiger partial charge in [0.25, 0.3) is 6.43 Å². The quantitative estimate of drug-likeness (QED) is 0.774. The topological polar surface area (TPSA) is 56.2 Å². The zero-order valence-electron chi connectivity index (χ0n) is 10.1. The first-order valence-electron chi connectivity index (χ1n) is 5.03. The standard InChI is InChI=1S/C9H14BF2N3O2/c1-9(2,3)17-8(16)14-15-6(7(11)12)5(10)4-13-15/h4,7H,10H2,1-3H3,(H,14,16). The summed E-state index contributed by atoms with van der Waals surface area (Å²) in [5.74, 6) is 0. The predicted octanol–water partition coefficient (Wildman–Crippen LogP) is 0.558. The lowest BCUT2D eigenvalue weighted by molar-refractivity contribution is 0.0603. The molecule has 0 aliphatic carbocycles. The minimum absolute atomic E-state index is 0.302. The summed E-state index contributed by atoms with van der Waals surface area (Å²) in [7, 11) is 1.49. The van der Waals surface area contributed by atoms with Crippen molar-refractivity contribution in [3.8, 4) is 0 Å². The highest BCUT2D eigenvalue weighted by molar-refractivity contribution is 6.33. The average Bonchev–Trinajstić information content (AvgIpc) is 2.42. The van der Waals surface area contributed by atoms with Crippen LogP contribution in [-0.2, 0) is 4.74 Å². The molecule has 8 heteroatoms. The van der Waals surface area contributed by atoms with Crippen LogP contribution < -0.4 is 10.9 Å². The molecule has 1 heterocycles. The fraction of sp³-hybridized carbons (Fsp3) is 0.556. The maximum atomic E-state index is 12.7. The summed E-state index contributed by atoms with van der Waals surface area (Å²) in [6.07, 6.45) is -2.30. The number of hydrogen-bond acceptors (Lipinski definition) is 3. The van der Waals surface area contributed by atoms with E-state index in [1.54, 1.807) is 20.8 Å². The number of hydrogen-bond donors (Lipinski definition) is 1. The van der Waals surface area contributed by atoms with Gasteiger partial charge >= 0.3 is 6.09 Å². The van der Waals surface area contributed by atoms with E-state index in [2.05, 4.69) is 10.5 Å². The smallest absolute Gasteiger partial charge is 0.428 e. The molecule has 0 spiro atoms. The number of nitrogens with zero attached hydrogens (tertiary/aromatic N) is 2. The molecule has 0 bridgehead atoms. The first-order chi connectivity index (χ1) is 7.70. The zero-order chi connectivity index (χ0) is 13.2. The minimum Gasteiger partial charge on any atom is -0.443 e. The molecule has 0 saturated heterocycles. The van der Waals surface area contributed by atoms with E-state index in [9.17, 15) is 13.6 Å². The van der Waals surface area contributed by atoms with Gasteiger partial charge in [0.1, 0.15) is 19.1 Å². The van der Waals surface area contributed by atoms with E-state index in [0.717, 1.165) is 4.79 Å². The first-order valence-corrected chi connectivity index (χ1v) is 5.03. The predicted molar refractivity (Wildman–Crippen MR) is 61.0 cm³/mol. The van der Waals surface area contributed by atoms with Crippen molar-refractivity contribution in [3.05, 3.63) is 11.9 Å². The number of carbonyl (C=O) groups excluding carboxylic acids is 1. The van der Waals surface area contributed by atoms with Crippen LogP contribution in [0.2, 0.25) is 0 Å². The summed E-state index contributed by atoms with van der Waals surface area (Å²) in [5.41, 5.74) is 1.39. The monoisotopic (exact) mass is 245 g/mol. The molecule has 1 aromatic rings. The van der Waals surface area contributed by atoms with E-state index >= 15 is 0 Å². The van der Waals surface area contributed by atoms with Crippen LogP contribution >= 0.6 is 0 Å². The molecule has 1 aromatic heterocycles. The number of carbonyl (C=O) groups is 1. The van der Waals surface area contributed by atoms with Gasteiger partial charge in [-0.3, -0.25) is 0 Å². The number of alkyl halides is 2. The summed E-state index contributed by atoms with van der Waals surface area (Å²) in [6.45, 7) is 5.03. The van der Waals surface area contributed by atoms with Crippen LogP contribution in [0, 0.1) is 0 Å². The van der Waals surface area contributed by atoms with Gasteiger partial charge in [0.2, 0.25) is 0 Å². The van der Waals surface area contributed by atoms with Gasteiger partial charge in [-0.1, -0.05) is 0 Å². The lowest BCUT2D eigenvalue weighted by Gasteiger charge is -2.20. The Bertz CT molecular complexity index is 415. The number of nitrogens with one attached hydrogen (secondary N) is 1. The van der Waals surface area contributed by atoms with Gasteiger partial charge in [0.15, 0.2) is 0 Å². The van der Waals surface area contributed by atoms with Crippen molar-refractivity contribution in [2.75, 3.05) is 5.43 Å². The Morgan fingerprint density at radius 1 is 1.59 bits per heavy atom. The molecule has 0 atom stereocenters. The van der Waals surface area contributed by atoms with E-state index in [4.69, 9.17) is 4.74 Å². The van der Waals surface area contributed by atoms with Crippen molar-refractivity contribution in [3.63, 3.8) is 0 Å². The SMILES string of the molecule is Bc1cnn(NC(=O)OC(C)(C)C)c1C(F)F. The summed E-state index contributed by atoms with van der Waals surface area (Å²) in [6, 6.07) is 0. The molecule has 0 aliphatic heterocycles. The van der Waals surface area contributed by atoms with Gasteiger partial charge < -0.3 is 4.74 Å². The lowest BCUT2D eigenvalue weighted by Crippen LogP contribution is -2.33. The molecule has 0 saturated carbocycles. The Hall–Kier alpha value is -1.60. The van der Waals surface area contributed by atoms with Crippen molar-refractivity contribution < 1.29 is 18.3 Å². The fourth-order valence-corrected chi connectivity index (χ4v) is 1.18. The largest absolute Gasteiger partial charge is 0.443 e. The zero-order valence-corrected chi connectivity index (χ0v) is 10.1. The number of ether oxygens (including phenoxy) is 1. The molecule has 94 valence electrons. The average molecular weight is 245 g/mol. The third kappa shape index (κ3) is 3.72. The molecule has 1 N–H and O–H groups in total. The van der Waals surface area contributed by atoms with Crippen molar-refractivity contribution in [2.45, 2.75) is 32.8 Å². The van der Waals surface area contributed by atoms with Gasteiger partial charge in [-0.15, -0.1) is 0 Å². The Morgan fingerprint density at radius 3 is 2.65 bits per heavy atom. The maximum absolute atomic E-state index is 12.7. The van der Waals surface area contributed by atoms with Crippen LogP contribution in [0.15, 0.2) is 6.20 Å². The molecule has 17 heavy (non-hydrogen) atoms. The molecular weight excluding hydrogens is 231 g/mol. The highest BCUT2D eigenvalue weighted by Gasteiger charge is 2.21. The third-order valence-corrected chi connectivity index (χ3v) is 1.80. The molecule has 5 nitrogen and oxygen atoms in total. The van der Waals surface area contributed by atoms with E-state index in [-0.39, 0.29) is 5.69 Å². The lowest BCUT2D eigenvalue weighted by atomic mass is 9.97. The second-order valence-corrected chi connectivity index (χ2v) is 4.54. The molecule has 0 radical (unpaired) electrons. The van der Waals surface area contributed by atoms with Crippen LogP contribution in [0.4, 0.5) is 13.6 Å². The highest BCUT2D eigenvalue weighted by Crippen LogP contribution is 2.15. The number of halogens is 2. The second-order valence-electron chi connectivity index (χ2n) is 4.54. The first kappa shape index (κ1) is 13.5. The van der Waals surface area contributed by atoms with Crippen LogP contribution in [0.3, 0.4) is 0 Å². The van der Waals surface area contributed by atoms with Crippen molar-refractivity contribution in [1.29, 1.82) is 0 Å². The van der Waals surface area contributed by atoms with Gasteiger partial charge in [0.05, 0.1) is 0 Å². The summed E-state index contributed by atoms with van der Waals surface area (Å²) >= 11 is 0. The molecule has 0 aliphatic rings. The number of aromatic nitrogens is 2. The molecule has 0 fully saturated rings. The maximum Gasteiger partial charge on any atom is 0.428 e. The molecular formula is C9H14BF2N3O2. The Labute approximate surface area is 98.5 Å². The Morgan fingerprint density at radius 2 is 2.18 bits per heavy atom. The Balaban J connectivity index is 2.79. The summed E-state index contributed by atoms with van der Waals surface area (Å²) < 4.78 is 30.2. The molecule has 0 aromatic carbocycles. The minimum atomic E-state index is -2.72. The number of amides is 1. The van der Waals surface area contributed by atoms with Gasteiger partial charge in [-0.2, -0.15) is 9.89 Å². The van der Waals surface area contributed by atoms with E-state index in [0.29, 0.717) is 5.46 Å². The fourth-order valence-electron chi connectivity index (χ4n) is 1.18. The second kappa shape index (κ2) is 4.73. The van der Waals surface area contributed by atoms with Gasteiger partial charge in [-0.05, 0) is 26.2 Å². The van der Waals surface area contributed by atoms with E-state index in [1.165, 1.54) is 14.0 Å². The Kier molecular flexibility index (Phi) is 3.74. The van der Waals surface area contributed by atoms with Gasteiger partial charge in [0, 0.05) is 6.20 Å². The van der Waals surface area contributed by atoms with Crippen molar-refractivity contribution in [1.82, 2.24) is 9.89 Å². The summed E-state index contributed by atoms with van der Waals surface area (Å²) in [5, 5.41) is 3.63. The molecule has 1 rings (SSSR count). The normalized spacial score (nSPS) is 11.6. The molecule has 0 unspecified atom stereocenters. The summed E-state index contributed by atoms with van der Waals surface area (Å²) in [4.78, 5) is 12.1. The molecule has 1 amide bonds. The van der Waals surface area contributed by atoms with Crippen LogP contribution in [0.1, 0.15) is 32.9 Å². The highest BCUT2D eigenvalue weighted by atomic mass is 19.3. The van der Waals surface area contributed by atoms with Crippen molar-refractivity contribution >= 4 is 19.4 Å². The number of rotatable bonds is 2. The van der Waals surface area contributed by atoms with E-state index < -0.39 is 18.1 Å². The van der Waals surface area contributed by atoms with Crippen LogP contribution in [-0.4, -0.2) is 29.4 Å². The van der Waals surface area contributed by atoms with Crippen LogP contribution in [0.5, 0.6) is 0 Å². The van der Waals surface area contributed by atoms with Gasteiger partial charge in [-0.25, -0.2) is 19.0 Å². The van der Waals surface area contributed by atoms with Crippen LogP contribution in [0.25, 0.3) is 0 Å².